The second kappa shape index (κ2) is 6.84. The van der Waals surface area contributed by atoms with Gasteiger partial charge in [0.25, 0.3) is 5.91 Å². The number of amides is 1. The minimum absolute atomic E-state index is 0.00882. The van der Waals surface area contributed by atoms with Crippen molar-refractivity contribution in [2.75, 3.05) is 5.75 Å². The van der Waals surface area contributed by atoms with E-state index in [1.54, 1.807) is 0 Å². The summed E-state index contributed by atoms with van der Waals surface area (Å²) in [4.78, 5) is 34.0. The number of halogens is 4. The monoisotopic (exact) mass is 421 g/mol. The first kappa shape index (κ1) is 18.3. The van der Waals surface area contributed by atoms with Gasteiger partial charge in [-0.1, -0.05) is 15.9 Å². The van der Waals surface area contributed by atoms with Crippen LogP contribution in [-0.2, 0) is 15.8 Å². The summed E-state index contributed by atoms with van der Waals surface area (Å²) in [6.07, 6.45) is -4.66. The van der Waals surface area contributed by atoms with E-state index in [1.165, 1.54) is 5.94 Å². The molecule has 1 aromatic carbocycles. The largest absolute Gasteiger partial charge is 0.478 e. The Morgan fingerprint density at radius 2 is 2.00 bits per heavy atom. The van der Waals surface area contributed by atoms with Crippen molar-refractivity contribution in [3.8, 4) is 0 Å². The first-order valence-corrected chi connectivity index (χ1v) is 7.95. The molecule has 1 aliphatic rings. The lowest BCUT2D eigenvalue weighted by molar-refractivity contribution is -0.138. The number of nitrogens with one attached hydrogen (secondary N) is 1. The summed E-state index contributed by atoms with van der Waals surface area (Å²) < 4.78 is 38.4. The molecule has 2 rings (SSSR count). The Bertz CT molecular complexity index is 813. The maximum absolute atomic E-state index is 12.9. The second-order valence-corrected chi connectivity index (χ2v) is 6.37. The molecule has 0 unspecified atom stereocenters. The fourth-order valence-electron chi connectivity index (χ4n) is 1.89. The second-order valence-electron chi connectivity index (χ2n) is 4.53. The van der Waals surface area contributed by atoms with E-state index in [1.807, 2.05) is 0 Å². The van der Waals surface area contributed by atoms with Crippen molar-refractivity contribution >= 4 is 45.5 Å². The predicted octanol–water partition coefficient (Wildman–Crippen LogP) is 3.00. The first-order valence-electron chi connectivity index (χ1n) is 6.18. The van der Waals surface area contributed by atoms with E-state index < -0.39 is 29.2 Å². The summed E-state index contributed by atoms with van der Waals surface area (Å²) in [5, 5.41) is 11.2. The minimum atomic E-state index is -4.66. The van der Waals surface area contributed by atoms with Gasteiger partial charge in [0.05, 0.1) is 16.2 Å². The highest BCUT2D eigenvalue weighted by atomic mass is 79.9. The van der Waals surface area contributed by atoms with Gasteiger partial charge in [0, 0.05) is 15.8 Å². The van der Waals surface area contributed by atoms with Gasteiger partial charge >= 0.3 is 12.1 Å². The number of carboxylic acids is 1. The molecule has 0 saturated heterocycles. The van der Waals surface area contributed by atoms with Crippen LogP contribution in [0, 0.1) is 0 Å². The number of benzene rings is 1. The normalized spacial score (nSPS) is 14.6. The van der Waals surface area contributed by atoms with Crippen LogP contribution in [0.5, 0.6) is 0 Å². The van der Waals surface area contributed by atoms with Crippen molar-refractivity contribution in [2.45, 2.75) is 6.18 Å². The molecular formula is C14H7BrF3NO4S. The third-order valence-electron chi connectivity index (χ3n) is 2.99. The molecule has 0 bridgehead atoms. The van der Waals surface area contributed by atoms with Crippen molar-refractivity contribution < 1.29 is 32.7 Å². The Kier molecular flexibility index (Phi) is 5.22. The van der Waals surface area contributed by atoms with Crippen LogP contribution in [0.2, 0.25) is 0 Å². The van der Waals surface area contributed by atoms with Gasteiger partial charge in [-0.25, -0.2) is 9.59 Å². The Labute approximate surface area is 145 Å². The van der Waals surface area contributed by atoms with Crippen LogP contribution in [0.25, 0.3) is 0 Å². The van der Waals surface area contributed by atoms with Gasteiger partial charge in [-0.3, -0.25) is 4.79 Å². The number of alkyl halides is 3. The quantitative estimate of drug-likeness (QED) is 0.732. The predicted molar refractivity (Wildman–Crippen MR) is 82.9 cm³/mol. The van der Waals surface area contributed by atoms with Gasteiger partial charge in [-0.15, -0.1) is 11.8 Å². The lowest BCUT2D eigenvalue weighted by Gasteiger charge is -2.11. The summed E-state index contributed by atoms with van der Waals surface area (Å²) in [6, 6.07) is 2.88. The molecule has 0 aromatic heterocycles. The number of hydrogen-bond acceptors (Lipinski definition) is 4. The van der Waals surface area contributed by atoms with Crippen LogP contribution in [0.15, 0.2) is 38.8 Å². The molecule has 0 fully saturated rings. The van der Waals surface area contributed by atoms with E-state index in [0.717, 1.165) is 23.9 Å². The highest BCUT2D eigenvalue weighted by Gasteiger charge is 2.34. The summed E-state index contributed by atoms with van der Waals surface area (Å²) in [5.41, 5.74) is -1.87. The molecule has 2 N–H and O–H groups in total. The number of thioether (sulfide) groups is 1. The van der Waals surface area contributed by atoms with Gasteiger partial charge < -0.3 is 10.4 Å². The Morgan fingerprint density at radius 3 is 2.54 bits per heavy atom. The molecule has 1 aliphatic heterocycles. The van der Waals surface area contributed by atoms with Crippen molar-refractivity contribution in [1.82, 2.24) is 5.32 Å². The van der Waals surface area contributed by atoms with E-state index >= 15 is 0 Å². The number of carboxylic acid groups (broad SMARTS) is 1. The van der Waals surface area contributed by atoms with Crippen molar-refractivity contribution in [3.05, 3.63) is 50.0 Å². The Balaban J connectivity index is 2.36. The van der Waals surface area contributed by atoms with Crippen molar-refractivity contribution in [1.29, 1.82) is 0 Å². The van der Waals surface area contributed by atoms with Gasteiger partial charge in [-0.2, -0.15) is 13.2 Å². The molecule has 24 heavy (non-hydrogen) atoms. The molecule has 5 nitrogen and oxygen atoms in total. The van der Waals surface area contributed by atoms with Crippen LogP contribution in [0.4, 0.5) is 13.2 Å². The zero-order chi connectivity index (χ0) is 18.1. The zero-order valence-corrected chi connectivity index (χ0v) is 13.9. The first-order chi connectivity index (χ1) is 11.1. The lowest BCUT2D eigenvalue weighted by Crippen LogP contribution is -2.23. The van der Waals surface area contributed by atoms with Crippen LogP contribution in [0.3, 0.4) is 0 Å². The average Bonchev–Trinajstić information content (AvgIpc) is 2.89. The van der Waals surface area contributed by atoms with Gasteiger partial charge in [0.1, 0.15) is 11.5 Å². The third kappa shape index (κ3) is 3.72. The molecule has 1 heterocycles. The average molecular weight is 422 g/mol. The zero-order valence-electron chi connectivity index (χ0n) is 11.5. The van der Waals surface area contributed by atoms with E-state index in [-0.39, 0.29) is 26.4 Å². The topological polar surface area (TPSA) is 83.5 Å². The lowest BCUT2D eigenvalue weighted by atomic mass is 10.1. The van der Waals surface area contributed by atoms with E-state index in [2.05, 4.69) is 21.2 Å². The van der Waals surface area contributed by atoms with E-state index in [0.29, 0.717) is 6.07 Å². The Hall–Kier alpha value is -2.03. The van der Waals surface area contributed by atoms with Gasteiger partial charge in [-0.05, 0) is 18.2 Å². The highest BCUT2D eigenvalue weighted by molar-refractivity contribution is 9.10. The molecule has 10 heteroatoms. The molecule has 0 spiro atoms. The number of carbonyl (C=O) groups excluding carboxylic acids is 2. The van der Waals surface area contributed by atoms with Crippen molar-refractivity contribution in [2.24, 2.45) is 0 Å². The van der Waals surface area contributed by atoms with Crippen molar-refractivity contribution in [3.63, 3.8) is 0 Å². The standard InChI is InChI=1S/C14H7BrF3NO4S/c15-9-2-1-6(3-8(9)14(16,17)18)11(21)19-12-10(13(22)23)7(4-20)5-24-12/h1-3H,5H2,(H,19,21)(H,22,23). The molecular weight excluding hydrogens is 415 g/mol. The maximum Gasteiger partial charge on any atom is 0.417 e. The van der Waals surface area contributed by atoms with E-state index in [9.17, 15) is 27.6 Å². The highest BCUT2D eigenvalue weighted by Crippen LogP contribution is 2.36. The molecule has 1 amide bonds. The molecule has 126 valence electrons. The molecule has 0 saturated carbocycles. The minimum Gasteiger partial charge on any atom is -0.478 e. The number of rotatable bonds is 3. The van der Waals surface area contributed by atoms with Crippen LogP contribution < -0.4 is 5.32 Å². The third-order valence-corrected chi connectivity index (χ3v) is 4.71. The van der Waals surface area contributed by atoms with Crippen LogP contribution in [0.1, 0.15) is 15.9 Å². The fourth-order valence-corrected chi connectivity index (χ4v) is 3.37. The molecule has 0 radical (unpaired) electrons. The van der Waals surface area contributed by atoms with Gasteiger partial charge in [0.15, 0.2) is 0 Å². The van der Waals surface area contributed by atoms with Crippen LogP contribution >= 0.6 is 27.7 Å². The molecule has 0 atom stereocenters. The SMILES string of the molecule is O=C=C1CSC(NC(=O)c2ccc(Br)c(C(F)(F)F)c2)=C1C(=O)O. The summed E-state index contributed by atoms with van der Waals surface area (Å²) in [7, 11) is 0. The fraction of sp³-hybridized carbons (Fsp3) is 0.143. The smallest absolute Gasteiger partial charge is 0.417 e. The van der Waals surface area contributed by atoms with E-state index in [4.69, 9.17) is 5.11 Å². The Morgan fingerprint density at radius 1 is 1.33 bits per heavy atom. The molecule has 1 aromatic rings. The summed E-state index contributed by atoms with van der Waals surface area (Å²) in [6.45, 7) is 0. The number of carbonyl (C=O) groups is 2. The molecule has 0 aliphatic carbocycles. The van der Waals surface area contributed by atoms with Crippen LogP contribution in [-0.4, -0.2) is 28.7 Å². The number of hydrogen-bond donors (Lipinski definition) is 2. The maximum atomic E-state index is 12.9. The summed E-state index contributed by atoms with van der Waals surface area (Å²) >= 11 is 3.64. The van der Waals surface area contributed by atoms with Gasteiger partial charge in [0.2, 0.25) is 0 Å². The number of aliphatic carboxylic acids is 1. The summed E-state index contributed by atoms with van der Waals surface area (Å²) in [5.74, 6) is -0.861.